The Labute approximate surface area is 212 Å². The molecule has 2 heterocycles. The zero-order valence-electron chi connectivity index (χ0n) is 21.7. The maximum absolute atomic E-state index is 13.4. The van der Waals surface area contributed by atoms with Crippen LogP contribution < -0.4 is 10.1 Å². The van der Waals surface area contributed by atoms with Gasteiger partial charge in [-0.15, -0.1) is 0 Å². The van der Waals surface area contributed by atoms with Gasteiger partial charge < -0.3 is 24.6 Å². The lowest BCUT2D eigenvalue weighted by atomic mass is 10.0. The number of anilines is 1. The topological polar surface area (TPSA) is 101 Å². The Morgan fingerprint density at radius 1 is 1.19 bits per heavy atom. The minimum atomic E-state index is -0.304. The van der Waals surface area contributed by atoms with E-state index in [0.717, 1.165) is 6.42 Å². The highest BCUT2D eigenvalue weighted by atomic mass is 16.5. The van der Waals surface area contributed by atoms with Crippen LogP contribution in [0, 0.1) is 5.92 Å². The van der Waals surface area contributed by atoms with Gasteiger partial charge in [0.2, 0.25) is 5.91 Å². The molecule has 0 saturated carbocycles. The van der Waals surface area contributed by atoms with E-state index in [4.69, 9.17) is 9.47 Å². The summed E-state index contributed by atoms with van der Waals surface area (Å²) in [6.45, 7) is 6.75. The van der Waals surface area contributed by atoms with Crippen molar-refractivity contribution in [3.8, 4) is 5.75 Å². The summed E-state index contributed by atoms with van der Waals surface area (Å²) in [6.07, 6.45) is 2.41. The standard InChI is InChI=1S/C27H36N4O5/c1-6-9-25(32)29-20-11-12-23-21(14-20)26(33)30(4)16-24(35-5)18(2)15-31(19(3)17-36-23)27(34)22-10-7-8-13-28-22/h7-8,10-14,18-19,24H,6,9,15-17H2,1-5H3,(H,29,32)/t18-,19+,24+/m0/s1. The average Bonchev–Trinajstić information content (AvgIpc) is 2.88. The summed E-state index contributed by atoms with van der Waals surface area (Å²) in [5, 5.41) is 2.84. The van der Waals surface area contributed by atoms with Crippen molar-refractivity contribution in [3.63, 3.8) is 0 Å². The fraction of sp³-hybridized carbons (Fsp3) is 0.481. The molecule has 1 aromatic carbocycles. The summed E-state index contributed by atoms with van der Waals surface area (Å²) in [4.78, 5) is 46.5. The van der Waals surface area contributed by atoms with Gasteiger partial charge in [0.1, 0.15) is 18.1 Å². The number of carbonyl (C=O) groups is 3. The number of likely N-dealkylation sites (N-methyl/N-ethyl adjacent to an activating group) is 1. The van der Waals surface area contributed by atoms with Crippen molar-refractivity contribution < 1.29 is 23.9 Å². The third-order valence-electron chi connectivity index (χ3n) is 6.35. The van der Waals surface area contributed by atoms with E-state index in [1.54, 1.807) is 66.6 Å². The number of hydrogen-bond acceptors (Lipinski definition) is 6. The van der Waals surface area contributed by atoms with Gasteiger partial charge in [-0.3, -0.25) is 19.4 Å². The number of aromatic nitrogens is 1. The molecule has 1 aliphatic heterocycles. The normalized spacial score (nSPS) is 21.0. The van der Waals surface area contributed by atoms with E-state index in [1.165, 1.54) is 0 Å². The molecule has 1 N–H and O–H groups in total. The maximum Gasteiger partial charge on any atom is 0.272 e. The number of fused-ring (bicyclic) bond motifs is 1. The predicted octanol–water partition coefficient (Wildman–Crippen LogP) is 3.47. The highest BCUT2D eigenvalue weighted by Crippen LogP contribution is 2.27. The van der Waals surface area contributed by atoms with Crippen molar-refractivity contribution in [3.05, 3.63) is 53.9 Å². The van der Waals surface area contributed by atoms with Gasteiger partial charge in [-0.2, -0.15) is 0 Å². The van der Waals surface area contributed by atoms with Gasteiger partial charge in [-0.1, -0.05) is 19.9 Å². The zero-order valence-corrected chi connectivity index (χ0v) is 21.7. The van der Waals surface area contributed by atoms with Crippen LogP contribution in [0.5, 0.6) is 5.75 Å². The monoisotopic (exact) mass is 496 g/mol. The highest BCUT2D eigenvalue weighted by Gasteiger charge is 2.31. The van der Waals surface area contributed by atoms with Crippen LogP contribution in [0.15, 0.2) is 42.6 Å². The maximum atomic E-state index is 13.4. The second-order valence-corrected chi connectivity index (χ2v) is 9.28. The lowest BCUT2D eigenvalue weighted by molar-refractivity contribution is -0.116. The predicted molar refractivity (Wildman–Crippen MR) is 137 cm³/mol. The molecule has 0 aliphatic carbocycles. The second-order valence-electron chi connectivity index (χ2n) is 9.28. The van der Waals surface area contributed by atoms with Crippen molar-refractivity contribution in [1.29, 1.82) is 0 Å². The molecule has 36 heavy (non-hydrogen) atoms. The quantitative estimate of drug-likeness (QED) is 0.680. The summed E-state index contributed by atoms with van der Waals surface area (Å²) < 4.78 is 11.8. The van der Waals surface area contributed by atoms with Crippen LogP contribution in [0.3, 0.4) is 0 Å². The van der Waals surface area contributed by atoms with E-state index in [-0.39, 0.29) is 42.4 Å². The molecule has 3 atom stereocenters. The van der Waals surface area contributed by atoms with Gasteiger partial charge >= 0.3 is 0 Å². The molecule has 0 saturated heterocycles. The number of nitrogens with one attached hydrogen (secondary N) is 1. The zero-order chi connectivity index (χ0) is 26.2. The molecule has 3 amide bonds. The Morgan fingerprint density at radius 3 is 2.64 bits per heavy atom. The largest absolute Gasteiger partial charge is 0.491 e. The number of amides is 3. The number of rotatable bonds is 5. The molecular weight excluding hydrogens is 460 g/mol. The minimum Gasteiger partial charge on any atom is -0.491 e. The molecule has 194 valence electrons. The van der Waals surface area contributed by atoms with Crippen molar-refractivity contribution in [1.82, 2.24) is 14.8 Å². The molecule has 3 rings (SSSR count). The fourth-order valence-electron chi connectivity index (χ4n) is 4.22. The summed E-state index contributed by atoms with van der Waals surface area (Å²) in [7, 11) is 3.32. The summed E-state index contributed by atoms with van der Waals surface area (Å²) >= 11 is 0. The molecule has 9 heteroatoms. The third-order valence-corrected chi connectivity index (χ3v) is 6.35. The van der Waals surface area contributed by atoms with Crippen LogP contribution in [0.4, 0.5) is 5.69 Å². The van der Waals surface area contributed by atoms with E-state index in [1.807, 2.05) is 20.8 Å². The molecular formula is C27H36N4O5. The number of methoxy groups -OCH3 is 1. The third kappa shape index (κ3) is 6.60. The molecule has 0 unspecified atom stereocenters. The first kappa shape index (κ1) is 27.1. The Balaban J connectivity index is 1.96. The Kier molecular flexibility index (Phi) is 9.41. The van der Waals surface area contributed by atoms with Gasteiger partial charge in [0.15, 0.2) is 0 Å². The molecule has 1 aromatic heterocycles. The first-order valence-electron chi connectivity index (χ1n) is 12.3. The second kappa shape index (κ2) is 12.5. The first-order valence-corrected chi connectivity index (χ1v) is 12.3. The molecule has 2 aromatic rings. The van der Waals surface area contributed by atoms with Crippen LogP contribution in [-0.2, 0) is 9.53 Å². The van der Waals surface area contributed by atoms with Gasteiger partial charge in [0.05, 0.1) is 17.7 Å². The van der Waals surface area contributed by atoms with Gasteiger partial charge in [-0.05, 0) is 43.7 Å². The molecule has 1 aliphatic rings. The van der Waals surface area contributed by atoms with Gasteiger partial charge in [0.25, 0.3) is 11.8 Å². The van der Waals surface area contributed by atoms with Gasteiger partial charge in [0, 0.05) is 51.5 Å². The van der Waals surface area contributed by atoms with Crippen LogP contribution in [0.2, 0.25) is 0 Å². The van der Waals surface area contributed by atoms with E-state index < -0.39 is 0 Å². The van der Waals surface area contributed by atoms with Crippen LogP contribution in [-0.4, -0.2) is 78.5 Å². The SMILES string of the molecule is CCCC(=O)Nc1ccc2c(c1)C(=O)N(C)C[C@@H](OC)[C@@H](C)CN(C(=O)c1ccccn1)[C@H](C)CO2. The average molecular weight is 497 g/mol. The summed E-state index contributed by atoms with van der Waals surface area (Å²) in [6, 6.07) is 9.98. The van der Waals surface area contributed by atoms with E-state index in [9.17, 15) is 14.4 Å². The molecule has 0 fully saturated rings. The lowest BCUT2D eigenvalue weighted by Gasteiger charge is -2.36. The van der Waals surface area contributed by atoms with Crippen molar-refractivity contribution in [2.45, 2.75) is 45.8 Å². The molecule has 9 nitrogen and oxygen atoms in total. The number of carbonyl (C=O) groups excluding carboxylic acids is 3. The Bertz CT molecular complexity index is 1060. The lowest BCUT2D eigenvalue weighted by Crippen LogP contribution is -2.48. The Morgan fingerprint density at radius 2 is 1.97 bits per heavy atom. The van der Waals surface area contributed by atoms with Crippen molar-refractivity contribution in [2.75, 3.05) is 39.2 Å². The molecule has 0 spiro atoms. The van der Waals surface area contributed by atoms with Crippen LogP contribution in [0.25, 0.3) is 0 Å². The summed E-state index contributed by atoms with van der Waals surface area (Å²) in [5.74, 6) is -0.221. The highest BCUT2D eigenvalue weighted by molar-refractivity contribution is 5.99. The first-order chi connectivity index (χ1) is 17.2. The van der Waals surface area contributed by atoms with Crippen LogP contribution >= 0.6 is 0 Å². The van der Waals surface area contributed by atoms with E-state index in [2.05, 4.69) is 10.3 Å². The van der Waals surface area contributed by atoms with E-state index >= 15 is 0 Å². The van der Waals surface area contributed by atoms with Crippen LogP contribution in [0.1, 0.15) is 54.5 Å². The number of ether oxygens (including phenoxy) is 2. The van der Waals surface area contributed by atoms with Crippen molar-refractivity contribution in [2.24, 2.45) is 5.92 Å². The summed E-state index contributed by atoms with van der Waals surface area (Å²) in [5.41, 5.74) is 1.23. The van der Waals surface area contributed by atoms with Crippen molar-refractivity contribution >= 4 is 23.4 Å². The van der Waals surface area contributed by atoms with Gasteiger partial charge in [-0.25, -0.2) is 0 Å². The Hall–Kier alpha value is -3.46. The minimum absolute atomic E-state index is 0.0704. The number of hydrogen-bond donors (Lipinski definition) is 1. The fourth-order valence-corrected chi connectivity index (χ4v) is 4.22. The number of nitrogens with zero attached hydrogens (tertiary/aromatic N) is 3. The number of pyridine rings is 1. The number of benzene rings is 1. The molecule has 0 bridgehead atoms. The molecule has 0 radical (unpaired) electrons. The van der Waals surface area contributed by atoms with E-state index in [0.29, 0.717) is 42.2 Å². The smallest absolute Gasteiger partial charge is 0.272 e.